The number of halogens is 2. The number of nitrogens with two attached hydrogens (primary N) is 1. The predicted molar refractivity (Wildman–Crippen MR) is 54.8 cm³/mol. The number of benzene rings is 1. The van der Waals surface area contributed by atoms with Crippen LogP contribution in [-0.4, -0.2) is 5.16 Å². The van der Waals surface area contributed by atoms with Gasteiger partial charge in [0.25, 0.3) is 0 Å². The van der Waals surface area contributed by atoms with E-state index in [2.05, 4.69) is 5.16 Å². The zero-order valence-corrected chi connectivity index (χ0v) is 8.46. The van der Waals surface area contributed by atoms with Crippen LogP contribution in [0.3, 0.4) is 0 Å². The second-order valence-electron chi connectivity index (χ2n) is 2.98. The largest absolute Gasteiger partial charge is 0.359 e. The van der Waals surface area contributed by atoms with E-state index in [1.54, 1.807) is 12.1 Å². The van der Waals surface area contributed by atoms with Gasteiger partial charge < -0.3 is 10.3 Å². The summed E-state index contributed by atoms with van der Waals surface area (Å²) in [5.74, 6) is 0.0590. The van der Waals surface area contributed by atoms with E-state index in [1.165, 1.54) is 12.1 Å². The van der Waals surface area contributed by atoms with Crippen LogP contribution in [0, 0.1) is 5.82 Å². The molecule has 0 aliphatic rings. The Balaban J connectivity index is 2.53. The fraction of sp³-hybridized carbons (Fsp3) is 0.100. The van der Waals surface area contributed by atoms with Crippen molar-refractivity contribution in [2.24, 2.45) is 5.73 Å². The van der Waals surface area contributed by atoms with Crippen LogP contribution in [0.2, 0.25) is 5.02 Å². The lowest BCUT2D eigenvalue weighted by Crippen LogP contribution is -1.92. The highest BCUT2D eigenvalue weighted by Crippen LogP contribution is 2.29. The summed E-state index contributed by atoms with van der Waals surface area (Å²) in [5, 5.41) is 4.00. The maximum atomic E-state index is 13.5. The second-order valence-corrected chi connectivity index (χ2v) is 3.39. The van der Waals surface area contributed by atoms with Crippen LogP contribution in [0.5, 0.6) is 0 Å². The van der Waals surface area contributed by atoms with Crippen molar-refractivity contribution in [3.8, 4) is 11.3 Å². The molecule has 0 atom stereocenters. The molecular weight excluding hydrogens is 219 g/mol. The Morgan fingerprint density at radius 1 is 1.47 bits per heavy atom. The average Bonchev–Trinajstić information content (AvgIpc) is 2.66. The van der Waals surface area contributed by atoms with Crippen molar-refractivity contribution < 1.29 is 8.91 Å². The Bertz CT molecular complexity index is 464. The fourth-order valence-corrected chi connectivity index (χ4v) is 1.53. The molecule has 2 N–H and O–H groups in total. The van der Waals surface area contributed by atoms with Gasteiger partial charge in [-0.3, -0.25) is 0 Å². The Labute approximate surface area is 90.6 Å². The van der Waals surface area contributed by atoms with Gasteiger partial charge in [0.05, 0.1) is 17.1 Å². The Kier molecular flexibility index (Phi) is 2.70. The van der Waals surface area contributed by atoms with Crippen LogP contribution in [0.25, 0.3) is 11.3 Å². The highest BCUT2D eigenvalue weighted by Gasteiger charge is 2.13. The first-order valence-electron chi connectivity index (χ1n) is 4.32. The Morgan fingerprint density at radius 2 is 2.27 bits per heavy atom. The first-order chi connectivity index (χ1) is 7.22. The minimum Gasteiger partial charge on any atom is -0.359 e. The number of hydrogen-bond donors (Lipinski definition) is 1. The number of nitrogens with zero attached hydrogens (tertiary/aromatic N) is 1. The van der Waals surface area contributed by atoms with E-state index in [0.29, 0.717) is 16.5 Å². The van der Waals surface area contributed by atoms with E-state index < -0.39 is 5.82 Å². The van der Waals surface area contributed by atoms with Gasteiger partial charge in [0.1, 0.15) is 11.5 Å². The molecule has 78 valence electrons. The molecule has 0 saturated heterocycles. The number of hydrogen-bond acceptors (Lipinski definition) is 3. The van der Waals surface area contributed by atoms with Crippen molar-refractivity contribution in [2.45, 2.75) is 6.54 Å². The van der Waals surface area contributed by atoms with Crippen molar-refractivity contribution >= 4 is 11.6 Å². The molecule has 1 aromatic carbocycles. The summed E-state index contributed by atoms with van der Waals surface area (Å²) >= 11 is 5.86. The van der Waals surface area contributed by atoms with E-state index in [9.17, 15) is 4.39 Å². The third-order valence-corrected chi connectivity index (χ3v) is 2.29. The van der Waals surface area contributed by atoms with E-state index >= 15 is 0 Å². The highest BCUT2D eigenvalue weighted by atomic mass is 35.5. The van der Waals surface area contributed by atoms with Crippen LogP contribution in [0.4, 0.5) is 4.39 Å². The van der Waals surface area contributed by atoms with Crippen LogP contribution < -0.4 is 5.73 Å². The van der Waals surface area contributed by atoms with Crippen molar-refractivity contribution in [3.05, 3.63) is 40.9 Å². The zero-order valence-electron chi connectivity index (χ0n) is 7.71. The quantitative estimate of drug-likeness (QED) is 0.856. The first kappa shape index (κ1) is 10.1. The lowest BCUT2D eigenvalue weighted by Gasteiger charge is -2.00. The normalized spacial score (nSPS) is 10.6. The van der Waals surface area contributed by atoms with Crippen LogP contribution in [-0.2, 0) is 6.54 Å². The lowest BCUT2D eigenvalue weighted by atomic mass is 10.1. The van der Waals surface area contributed by atoms with Gasteiger partial charge in [0.2, 0.25) is 0 Å². The van der Waals surface area contributed by atoms with E-state index in [4.69, 9.17) is 21.9 Å². The molecule has 0 radical (unpaired) electrons. The summed E-state index contributed by atoms with van der Waals surface area (Å²) in [6.45, 7) is 0.221. The third-order valence-electron chi connectivity index (χ3n) is 1.98. The van der Waals surface area contributed by atoms with Gasteiger partial charge in [0, 0.05) is 6.07 Å². The van der Waals surface area contributed by atoms with Gasteiger partial charge in [-0.05, 0) is 12.1 Å². The summed E-state index contributed by atoms with van der Waals surface area (Å²) < 4.78 is 18.3. The van der Waals surface area contributed by atoms with Gasteiger partial charge in [-0.25, -0.2) is 4.39 Å². The van der Waals surface area contributed by atoms with Crippen LogP contribution in [0.15, 0.2) is 28.8 Å². The molecule has 0 bridgehead atoms. The summed E-state index contributed by atoms with van der Waals surface area (Å²) in [6.07, 6.45) is 0. The summed E-state index contributed by atoms with van der Waals surface area (Å²) in [7, 11) is 0. The molecular formula is C10H8ClFN2O. The van der Waals surface area contributed by atoms with E-state index in [-0.39, 0.29) is 12.1 Å². The topological polar surface area (TPSA) is 52.0 Å². The summed E-state index contributed by atoms with van der Waals surface area (Å²) in [6, 6.07) is 6.02. The molecule has 1 heterocycles. The van der Waals surface area contributed by atoms with Crippen molar-refractivity contribution in [1.82, 2.24) is 5.16 Å². The molecule has 1 aromatic heterocycles. The minimum absolute atomic E-state index is 0.221. The molecule has 0 fully saturated rings. The fourth-order valence-electron chi connectivity index (χ4n) is 1.27. The smallest absolute Gasteiger partial charge is 0.150 e. The minimum atomic E-state index is -0.431. The molecule has 0 unspecified atom stereocenters. The van der Waals surface area contributed by atoms with E-state index in [1.807, 2.05) is 0 Å². The van der Waals surface area contributed by atoms with E-state index in [0.717, 1.165) is 0 Å². The number of aromatic nitrogens is 1. The third kappa shape index (κ3) is 1.86. The molecule has 2 rings (SSSR count). The molecule has 0 aliphatic carbocycles. The van der Waals surface area contributed by atoms with Gasteiger partial charge in [-0.15, -0.1) is 0 Å². The molecule has 15 heavy (non-hydrogen) atoms. The Morgan fingerprint density at radius 3 is 2.87 bits per heavy atom. The van der Waals surface area contributed by atoms with Crippen molar-refractivity contribution in [3.63, 3.8) is 0 Å². The highest BCUT2D eigenvalue weighted by molar-refractivity contribution is 6.33. The SMILES string of the molecule is NCc1cc(-c2c(F)cccc2Cl)no1. The molecule has 3 nitrogen and oxygen atoms in total. The maximum Gasteiger partial charge on any atom is 0.150 e. The summed E-state index contributed by atoms with van der Waals surface area (Å²) in [5.41, 5.74) is 5.96. The molecule has 0 aliphatic heterocycles. The first-order valence-corrected chi connectivity index (χ1v) is 4.70. The predicted octanol–water partition coefficient (Wildman–Crippen LogP) is 2.59. The second kappa shape index (κ2) is 4.00. The molecule has 2 aromatic rings. The van der Waals surface area contributed by atoms with Gasteiger partial charge in [-0.1, -0.05) is 22.8 Å². The molecule has 0 spiro atoms. The van der Waals surface area contributed by atoms with Crippen LogP contribution in [0.1, 0.15) is 5.76 Å². The average molecular weight is 227 g/mol. The molecule has 0 amide bonds. The van der Waals surface area contributed by atoms with Gasteiger partial charge in [0.15, 0.2) is 5.76 Å². The van der Waals surface area contributed by atoms with Crippen LogP contribution >= 0.6 is 11.6 Å². The van der Waals surface area contributed by atoms with Crippen molar-refractivity contribution in [1.29, 1.82) is 0 Å². The molecule has 0 saturated carbocycles. The maximum absolute atomic E-state index is 13.5. The lowest BCUT2D eigenvalue weighted by molar-refractivity contribution is 0.386. The zero-order chi connectivity index (χ0) is 10.8. The van der Waals surface area contributed by atoms with Gasteiger partial charge >= 0.3 is 0 Å². The van der Waals surface area contributed by atoms with Crippen molar-refractivity contribution in [2.75, 3.05) is 0 Å². The van der Waals surface area contributed by atoms with Gasteiger partial charge in [-0.2, -0.15) is 0 Å². The summed E-state index contributed by atoms with van der Waals surface area (Å²) in [4.78, 5) is 0. The Hall–Kier alpha value is -1.39. The standard InChI is InChI=1S/C10H8ClFN2O/c11-7-2-1-3-8(12)10(7)9-4-6(5-13)15-14-9/h1-4H,5,13H2. The molecule has 5 heteroatoms. The monoisotopic (exact) mass is 226 g/mol. The number of rotatable bonds is 2.